The number of aliphatic carboxylic acids is 1. The summed E-state index contributed by atoms with van der Waals surface area (Å²) in [5.41, 5.74) is 0.747. The second kappa shape index (κ2) is 3.79. The van der Waals surface area contributed by atoms with Crippen LogP contribution in [0.4, 0.5) is 0 Å². The van der Waals surface area contributed by atoms with E-state index in [0.29, 0.717) is 13.0 Å². The lowest BCUT2D eigenvalue weighted by Crippen LogP contribution is -2.29. The van der Waals surface area contributed by atoms with Gasteiger partial charge in [-0.15, -0.1) is 0 Å². The molecule has 1 aromatic rings. The summed E-state index contributed by atoms with van der Waals surface area (Å²) in [4.78, 5) is 10.9. The van der Waals surface area contributed by atoms with Crippen molar-refractivity contribution in [3.8, 4) is 0 Å². The van der Waals surface area contributed by atoms with Gasteiger partial charge in [0.2, 0.25) is 0 Å². The summed E-state index contributed by atoms with van der Waals surface area (Å²) in [5, 5.41) is 15.5. The van der Waals surface area contributed by atoms with Crippen molar-refractivity contribution in [1.29, 1.82) is 0 Å². The summed E-state index contributed by atoms with van der Waals surface area (Å²) in [5.74, 6) is -1.26. The van der Waals surface area contributed by atoms with Gasteiger partial charge in [0, 0.05) is 12.8 Å². The highest BCUT2D eigenvalue weighted by molar-refractivity contribution is 5.71. The molecule has 2 heterocycles. The van der Waals surface area contributed by atoms with E-state index in [4.69, 9.17) is 9.84 Å². The van der Waals surface area contributed by atoms with Crippen LogP contribution < -0.4 is 0 Å². The first-order valence-electron chi connectivity index (χ1n) is 4.62. The molecular formula is C9H12N2O3. The quantitative estimate of drug-likeness (QED) is 0.738. The first-order valence-corrected chi connectivity index (χ1v) is 4.62. The molecule has 0 saturated carbocycles. The van der Waals surface area contributed by atoms with Gasteiger partial charge in [0.25, 0.3) is 0 Å². The van der Waals surface area contributed by atoms with Gasteiger partial charge in [-0.3, -0.25) is 9.89 Å². The number of aromatic nitrogens is 2. The maximum Gasteiger partial charge on any atom is 0.309 e. The second-order valence-corrected chi connectivity index (χ2v) is 3.39. The minimum Gasteiger partial charge on any atom is -0.481 e. The number of nitrogens with one attached hydrogen (secondary N) is 1. The van der Waals surface area contributed by atoms with Crippen molar-refractivity contribution in [1.82, 2.24) is 10.2 Å². The Morgan fingerprint density at radius 1 is 1.71 bits per heavy atom. The normalized spacial score (nSPS) is 27.4. The molecule has 1 aliphatic rings. The minimum absolute atomic E-state index is 0.372. The van der Waals surface area contributed by atoms with E-state index in [9.17, 15) is 4.79 Å². The zero-order chi connectivity index (χ0) is 9.97. The van der Waals surface area contributed by atoms with Crippen LogP contribution in [0.5, 0.6) is 0 Å². The molecule has 0 spiro atoms. The number of carboxylic acid groups (broad SMARTS) is 1. The fraction of sp³-hybridized carbons (Fsp3) is 0.556. The van der Waals surface area contributed by atoms with Gasteiger partial charge < -0.3 is 9.84 Å². The number of ether oxygens (including phenoxy) is 1. The molecule has 2 rings (SSSR count). The van der Waals surface area contributed by atoms with Crippen LogP contribution in [0.3, 0.4) is 0 Å². The average Bonchev–Trinajstić information content (AvgIpc) is 2.70. The smallest absolute Gasteiger partial charge is 0.309 e. The predicted octanol–water partition coefficient (Wildman–Crippen LogP) is 0.962. The molecular weight excluding hydrogens is 184 g/mol. The molecule has 0 aliphatic carbocycles. The summed E-state index contributed by atoms with van der Waals surface area (Å²) < 4.78 is 5.44. The van der Waals surface area contributed by atoms with Crippen LogP contribution in [0.1, 0.15) is 24.6 Å². The van der Waals surface area contributed by atoms with Gasteiger partial charge in [0.1, 0.15) is 6.10 Å². The molecule has 1 aliphatic heterocycles. The van der Waals surface area contributed by atoms with E-state index in [1.807, 2.05) is 0 Å². The number of carbonyl (C=O) groups is 1. The lowest BCUT2D eigenvalue weighted by molar-refractivity contribution is -0.152. The molecule has 0 radical (unpaired) electrons. The molecule has 2 atom stereocenters. The summed E-state index contributed by atoms with van der Waals surface area (Å²) in [6.07, 6.45) is 2.70. The van der Waals surface area contributed by atoms with Crippen molar-refractivity contribution in [3.63, 3.8) is 0 Å². The number of carboxylic acids is 1. The molecule has 0 amide bonds. The van der Waals surface area contributed by atoms with Gasteiger partial charge >= 0.3 is 5.97 Å². The topological polar surface area (TPSA) is 75.2 Å². The molecule has 5 nitrogen and oxygen atoms in total. The van der Waals surface area contributed by atoms with Gasteiger partial charge in [-0.05, 0) is 18.9 Å². The first-order chi connectivity index (χ1) is 6.79. The highest BCUT2D eigenvalue weighted by Crippen LogP contribution is 2.32. The zero-order valence-corrected chi connectivity index (χ0v) is 7.64. The lowest BCUT2D eigenvalue weighted by atomic mass is 9.92. The predicted molar refractivity (Wildman–Crippen MR) is 47.6 cm³/mol. The number of rotatable bonds is 2. The number of H-pyrrole nitrogens is 1. The third-order valence-corrected chi connectivity index (χ3v) is 2.47. The Bertz CT molecular complexity index is 310. The molecule has 0 bridgehead atoms. The highest BCUT2D eigenvalue weighted by Gasteiger charge is 2.33. The molecule has 1 saturated heterocycles. The summed E-state index contributed by atoms with van der Waals surface area (Å²) in [6, 6.07) is 1.76. The van der Waals surface area contributed by atoms with E-state index < -0.39 is 11.9 Å². The van der Waals surface area contributed by atoms with Crippen molar-refractivity contribution in [2.24, 2.45) is 5.92 Å². The molecule has 2 N–H and O–H groups in total. The minimum atomic E-state index is -0.802. The van der Waals surface area contributed by atoms with Crippen LogP contribution in [0.2, 0.25) is 0 Å². The van der Waals surface area contributed by atoms with Crippen LogP contribution >= 0.6 is 0 Å². The Morgan fingerprint density at radius 2 is 2.57 bits per heavy atom. The Hall–Kier alpha value is -1.36. The van der Waals surface area contributed by atoms with Gasteiger partial charge in [0.15, 0.2) is 0 Å². The molecule has 1 aromatic heterocycles. The summed E-state index contributed by atoms with van der Waals surface area (Å²) in [6.45, 7) is 0.619. The van der Waals surface area contributed by atoms with E-state index in [-0.39, 0.29) is 6.10 Å². The van der Waals surface area contributed by atoms with Crippen molar-refractivity contribution < 1.29 is 14.6 Å². The van der Waals surface area contributed by atoms with E-state index in [2.05, 4.69) is 10.2 Å². The average molecular weight is 196 g/mol. The Kier molecular flexibility index (Phi) is 2.49. The Morgan fingerprint density at radius 3 is 3.21 bits per heavy atom. The van der Waals surface area contributed by atoms with Crippen molar-refractivity contribution in [2.45, 2.75) is 18.9 Å². The van der Waals surface area contributed by atoms with E-state index in [1.165, 1.54) is 0 Å². The Balaban J connectivity index is 2.18. The Labute approximate surface area is 81.1 Å². The standard InChI is InChI=1S/C9H12N2O3/c12-9(13)6-2-1-5-14-8(6)7-3-4-10-11-7/h3-4,6,8H,1-2,5H2,(H,10,11)(H,12,13)/t6-,8+/m1/s1. The second-order valence-electron chi connectivity index (χ2n) is 3.39. The van der Waals surface area contributed by atoms with Gasteiger partial charge in [-0.25, -0.2) is 0 Å². The van der Waals surface area contributed by atoms with Gasteiger partial charge in [0.05, 0.1) is 11.6 Å². The van der Waals surface area contributed by atoms with Crippen LogP contribution in [-0.4, -0.2) is 27.9 Å². The summed E-state index contributed by atoms with van der Waals surface area (Å²) >= 11 is 0. The maximum atomic E-state index is 10.9. The van der Waals surface area contributed by atoms with Crippen molar-refractivity contribution in [3.05, 3.63) is 18.0 Å². The molecule has 0 aromatic carbocycles. The molecule has 5 heteroatoms. The van der Waals surface area contributed by atoms with Gasteiger partial charge in [-0.2, -0.15) is 5.10 Å². The van der Waals surface area contributed by atoms with Crippen LogP contribution in [0, 0.1) is 5.92 Å². The molecule has 76 valence electrons. The van der Waals surface area contributed by atoms with Crippen LogP contribution in [0.25, 0.3) is 0 Å². The SMILES string of the molecule is O=C(O)[C@@H]1CCCO[C@@H]1c1ccn[nH]1. The van der Waals surface area contributed by atoms with Crippen molar-refractivity contribution >= 4 is 5.97 Å². The third kappa shape index (κ3) is 1.63. The van der Waals surface area contributed by atoms with E-state index in [0.717, 1.165) is 12.1 Å². The maximum absolute atomic E-state index is 10.9. The monoisotopic (exact) mass is 196 g/mol. The third-order valence-electron chi connectivity index (χ3n) is 2.47. The van der Waals surface area contributed by atoms with Gasteiger partial charge in [-0.1, -0.05) is 0 Å². The summed E-state index contributed by atoms with van der Waals surface area (Å²) in [7, 11) is 0. The lowest BCUT2D eigenvalue weighted by Gasteiger charge is -2.27. The fourth-order valence-corrected chi connectivity index (χ4v) is 1.77. The van der Waals surface area contributed by atoms with Crippen LogP contribution in [-0.2, 0) is 9.53 Å². The van der Waals surface area contributed by atoms with Crippen LogP contribution in [0.15, 0.2) is 12.3 Å². The number of nitrogens with zero attached hydrogens (tertiary/aromatic N) is 1. The molecule has 1 fully saturated rings. The molecule has 14 heavy (non-hydrogen) atoms. The fourth-order valence-electron chi connectivity index (χ4n) is 1.77. The highest BCUT2D eigenvalue weighted by atomic mass is 16.5. The number of aromatic amines is 1. The van der Waals surface area contributed by atoms with E-state index >= 15 is 0 Å². The first kappa shape index (κ1) is 9.21. The number of hydrogen-bond donors (Lipinski definition) is 2. The largest absolute Gasteiger partial charge is 0.481 e. The zero-order valence-electron chi connectivity index (χ0n) is 7.64. The van der Waals surface area contributed by atoms with E-state index in [1.54, 1.807) is 12.3 Å². The number of hydrogen-bond acceptors (Lipinski definition) is 3. The van der Waals surface area contributed by atoms with Crippen molar-refractivity contribution in [2.75, 3.05) is 6.61 Å². The molecule has 0 unspecified atom stereocenters.